The van der Waals surface area contributed by atoms with E-state index in [0.29, 0.717) is 17.3 Å². The van der Waals surface area contributed by atoms with Gasteiger partial charge in [-0.3, -0.25) is 9.59 Å². The molecule has 0 aromatic heterocycles. The lowest BCUT2D eigenvalue weighted by atomic mass is 9.87. The molecule has 0 saturated carbocycles. The highest BCUT2D eigenvalue weighted by Crippen LogP contribution is 2.31. The van der Waals surface area contributed by atoms with Crippen molar-refractivity contribution in [3.05, 3.63) is 63.1 Å². The predicted molar refractivity (Wildman–Crippen MR) is 138 cm³/mol. The van der Waals surface area contributed by atoms with Crippen LogP contribution in [0, 0.1) is 0 Å². The van der Waals surface area contributed by atoms with E-state index in [9.17, 15) is 9.59 Å². The van der Waals surface area contributed by atoms with Gasteiger partial charge in [0.2, 0.25) is 5.91 Å². The quantitative estimate of drug-likeness (QED) is 0.372. The summed E-state index contributed by atoms with van der Waals surface area (Å²) in [5.41, 5.74) is 2.01. The number of ether oxygens (including phenoxy) is 1. The third-order valence-electron chi connectivity index (χ3n) is 5.39. The Balaban J connectivity index is 2.16. The van der Waals surface area contributed by atoms with E-state index in [2.05, 4.69) is 48.9 Å². The number of rotatable bonds is 10. The maximum atomic E-state index is 13.2. The molecule has 0 bridgehead atoms. The number of carbonyl (C=O) groups is 2. The lowest BCUT2D eigenvalue weighted by Gasteiger charge is -2.29. The molecule has 5 nitrogen and oxygen atoms in total. The Bertz CT molecular complexity index is 959. The summed E-state index contributed by atoms with van der Waals surface area (Å²) in [5, 5.41) is 3.49. The molecule has 0 heterocycles. The van der Waals surface area contributed by atoms with Crippen LogP contribution in [0.3, 0.4) is 0 Å². The van der Waals surface area contributed by atoms with Crippen molar-refractivity contribution in [1.29, 1.82) is 0 Å². The van der Waals surface area contributed by atoms with E-state index in [1.165, 1.54) is 4.90 Å². The van der Waals surface area contributed by atoms with Crippen LogP contribution in [-0.4, -0.2) is 35.9 Å². The maximum absolute atomic E-state index is 13.2. The highest BCUT2D eigenvalue weighted by molar-refractivity contribution is 9.10. The first-order chi connectivity index (χ1) is 15.5. The van der Waals surface area contributed by atoms with E-state index in [1.54, 1.807) is 19.1 Å². The Morgan fingerprint density at radius 2 is 1.91 bits per heavy atom. The van der Waals surface area contributed by atoms with E-state index in [4.69, 9.17) is 16.3 Å². The van der Waals surface area contributed by atoms with Crippen LogP contribution in [0.2, 0.25) is 5.02 Å². The molecule has 0 fully saturated rings. The largest absolute Gasteiger partial charge is 0.483 e. The van der Waals surface area contributed by atoms with Gasteiger partial charge in [0.1, 0.15) is 11.8 Å². The third kappa shape index (κ3) is 8.35. The van der Waals surface area contributed by atoms with Crippen LogP contribution in [0.25, 0.3) is 0 Å². The van der Waals surface area contributed by atoms with Gasteiger partial charge < -0.3 is 15.0 Å². The van der Waals surface area contributed by atoms with Crippen molar-refractivity contribution in [1.82, 2.24) is 10.2 Å². The Kier molecular flexibility index (Phi) is 10.2. The molecule has 0 unspecified atom stereocenters. The maximum Gasteiger partial charge on any atom is 0.261 e. The van der Waals surface area contributed by atoms with E-state index in [1.807, 2.05) is 30.3 Å². The van der Waals surface area contributed by atoms with Gasteiger partial charge in [-0.05, 0) is 70.1 Å². The van der Waals surface area contributed by atoms with Gasteiger partial charge in [-0.25, -0.2) is 0 Å². The second kappa shape index (κ2) is 12.4. The molecule has 0 radical (unpaired) electrons. The van der Waals surface area contributed by atoms with Gasteiger partial charge in [0, 0.05) is 18.1 Å². The number of carbonyl (C=O) groups excluding carboxylic acids is 2. The average Bonchev–Trinajstić information content (AvgIpc) is 2.75. The summed E-state index contributed by atoms with van der Waals surface area (Å²) in [5.74, 6) is 0.119. The molecule has 0 aliphatic rings. The topological polar surface area (TPSA) is 58.6 Å². The average molecular weight is 538 g/mol. The highest BCUT2D eigenvalue weighted by atomic mass is 79.9. The normalized spacial score (nSPS) is 12.2. The van der Waals surface area contributed by atoms with Crippen molar-refractivity contribution < 1.29 is 14.3 Å². The highest BCUT2D eigenvalue weighted by Gasteiger charge is 2.26. The van der Waals surface area contributed by atoms with Crippen LogP contribution < -0.4 is 10.1 Å². The van der Waals surface area contributed by atoms with E-state index in [-0.39, 0.29) is 30.4 Å². The summed E-state index contributed by atoms with van der Waals surface area (Å²) in [7, 11) is 0. The molecule has 7 heteroatoms. The van der Waals surface area contributed by atoms with Crippen LogP contribution in [0.1, 0.15) is 58.6 Å². The number of benzene rings is 2. The van der Waals surface area contributed by atoms with Crippen molar-refractivity contribution in [2.45, 2.75) is 65.5 Å². The molecule has 0 aliphatic carbocycles. The van der Waals surface area contributed by atoms with E-state index >= 15 is 0 Å². The van der Waals surface area contributed by atoms with E-state index in [0.717, 1.165) is 28.4 Å². The van der Waals surface area contributed by atoms with Crippen LogP contribution >= 0.6 is 27.5 Å². The molecule has 0 spiro atoms. The number of amides is 2. The van der Waals surface area contributed by atoms with Crippen molar-refractivity contribution in [3.8, 4) is 5.75 Å². The molecule has 0 saturated heterocycles. The van der Waals surface area contributed by atoms with Crippen molar-refractivity contribution in [2.24, 2.45) is 0 Å². The van der Waals surface area contributed by atoms with Gasteiger partial charge in [-0.2, -0.15) is 0 Å². The van der Waals surface area contributed by atoms with Gasteiger partial charge in [-0.1, -0.05) is 63.9 Å². The minimum absolute atomic E-state index is 0.00515. The molecule has 2 rings (SSSR count). The first kappa shape index (κ1) is 27.2. The van der Waals surface area contributed by atoms with Crippen molar-refractivity contribution in [2.75, 3.05) is 13.2 Å². The van der Waals surface area contributed by atoms with Gasteiger partial charge in [0.15, 0.2) is 6.61 Å². The standard InChI is InChI=1S/C26H34BrClN2O3/c1-6-7-13-29-25(32)18(2)30(16-19-9-8-10-21(28)14-19)24(31)17-33-23-12-11-20(15-22(23)27)26(3,4)5/h8-12,14-15,18H,6-7,13,16-17H2,1-5H3,(H,29,32)/t18-/m1/s1. The Hall–Kier alpha value is -2.05. The number of halogens is 2. The zero-order valence-corrected chi connectivity index (χ0v) is 22.4. The lowest BCUT2D eigenvalue weighted by Crippen LogP contribution is -2.49. The monoisotopic (exact) mass is 536 g/mol. The summed E-state index contributed by atoms with van der Waals surface area (Å²) < 4.78 is 6.63. The van der Waals surface area contributed by atoms with E-state index < -0.39 is 6.04 Å². The number of nitrogens with zero attached hydrogens (tertiary/aromatic N) is 1. The summed E-state index contributed by atoms with van der Waals surface area (Å²) in [4.78, 5) is 27.4. The SMILES string of the molecule is CCCCNC(=O)[C@@H](C)N(Cc1cccc(Cl)c1)C(=O)COc1ccc(C(C)(C)C)cc1Br. The molecular weight excluding hydrogens is 504 g/mol. The second-order valence-electron chi connectivity index (χ2n) is 9.16. The number of hydrogen-bond acceptors (Lipinski definition) is 3. The number of nitrogens with one attached hydrogen (secondary N) is 1. The molecule has 0 aliphatic heterocycles. The number of unbranched alkanes of at least 4 members (excludes halogenated alkanes) is 1. The summed E-state index contributed by atoms with van der Waals surface area (Å²) in [6.07, 6.45) is 1.87. The predicted octanol–water partition coefficient (Wildman–Crippen LogP) is 6.11. The molecule has 2 aromatic rings. The Labute approximate surface area is 211 Å². The second-order valence-corrected chi connectivity index (χ2v) is 10.4. The van der Waals surface area contributed by atoms with Gasteiger partial charge in [0.25, 0.3) is 5.91 Å². The van der Waals surface area contributed by atoms with Crippen molar-refractivity contribution >= 4 is 39.3 Å². The van der Waals surface area contributed by atoms with Gasteiger partial charge in [-0.15, -0.1) is 0 Å². The summed E-state index contributed by atoms with van der Waals surface area (Å²) in [6, 6.07) is 12.5. The fourth-order valence-corrected chi connectivity index (χ4v) is 3.96. The smallest absolute Gasteiger partial charge is 0.261 e. The third-order valence-corrected chi connectivity index (χ3v) is 6.24. The summed E-state index contributed by atoms with van der Waals surface area (Å²) in [6.45, 7) is 10.9. The van der Waals surface area contributed by atoms with Crippen LogP contribution in [-0.2, 0) is 21.5 Å². The van der Waals surface area contributed by atoms with Crippen molar-refractivity contribution in [3.63, 3.8) is 0 Å². The molecule has 1 N–H and O–H groups in total. The fraction of sp³-hybridized carbons (Fsp3) is 0.462. The van der Waals surface area contributed by atoms with Gasteiger partial charge >= 0.3 is 0 Å². The molecule has 180 valence electrons. The fourth-order valence-electron chi connectivity index (χ4n) is 3.26. The molecule has 2 amide bonds. The Morgan fingerprint density at radius 3 is 2.52 bits per heavy atom. The molecular formula is C26H34BrClN2O3. The molecule has 1 atom stereocenters. The molecule has 33 heavy (non-hydrogen) atoms. The van der Waals surface area contributed by atoms with Gasteiger partial charge in [0.05, 0.1) is 4.47 Å². The van der Waals surface area contributed by atoms with Crippen LogP contribution in [0.15, 0.2) is 46.9 Å². The lowest BCUT2D eigenvalue weighted by molar-refractivity contribution is -0.142. The summed E-state index contributed by atoms with van der Waals surface area (Å²) >= 11 is 9.67. The first-order valence-corrected chi connectivity index (χ1v) is 12.4. The zero-order valence-electron chi connectivity index (χ0n) is 20.1. The Morgan fingerprint density at radius 1 is 1.18 bits per heavy atom. The molecule has 2 aromatic carbocycles. The minimum atomic E-state index is -0.649. The minimum Gasteiger partial charge on any atom is -0.483 e. The van der Waals surface area contributed by atoms with Crippen LogP contribution in [0.4, 0.5) is 0 Å². The zero-order chi connectivity index (χ0) is 24.6. The first-order valence-electron chi connectivity index (χ1n) is 11.3. The number of hydrogen-bond donors (Lipinski definition) is 1. The van der Waals surface area contributed by atoms with Crippen LogP contribution in [0.5, 0.6) is 5.75 Å².